The Morgan fingerprint density at radius 3 is 2.60 bits per heavy atom. The molecule has 20 heavy (non-hydrogen) atoms. The summed E-state index contributed by atoms with van der Waals surface area (Å²) >= 11 is 1.25. The molecule has 1 amide bonds. The molecule has 0 atom stereocenters. The number of carbonyl (C=O) groups is 1. The molecule has 0 aliphatic heterocycles. The number of nitrogens with one attached hydrogen (secondary N) is 1. The van der Waals surface area contributed by atoms with Crippen molar-refractivity contribution in [1.29, 1.82) is 0 Å². The van der Waals surface area contributed by atoms with Crippen LogP contribution in [-0.4, -0.2) is 11.7 Å². The van der Waals surface area contributed by atoms with Gasteiger partial charge in [0, 0.05) is 16.3 Å². The van der Waals surface area contributed by atoms with Crippen LogP contribution in [0.15, 0.2) is 47.4 Å². The third-order valence-electron chi connectivity index (χ3n) is 2.60. The summed E-state index contributed by atoms with van der Waals surface area (Å²) < 4.78 is 13.1. The number of benzene rings is 2. The van der Waals surface area contributed by atoms with Gasteiger partial charge in [-0.2, -0.15) is 0 Å². The lowest BCUT2D eigenvalue weighted by Crippen LogP contribution is -2.13. The molecule has 0 aliphatic rings. The van der Waals surface area contributed by atoms with Crippen LogP contribution in [0.5, 0.6) is 0 Å². The van der Waals surface area contributed by atoms with E-state index < -0.39 is 5.82 Å². The van der Waals surface area contributed by atoms with Gasteiger partial charge in [0.1, 0.15) is 5.82 Å². The number of halogens is 1. The zero-order valence-corrected chi connectivity index (χ0v) is 11.8. The summed E-state index contributed by atoms with van der Waals surface area (Å²) in [6.07, 6.45) is 0. The first kappa shape index (κ1) is 14.4. The number of rotatable bonds is 4. The number of nitrogen functional groups attached to an aromatic ring is 1. The molecule has 0 fully saturated rings. The molecule has 0 radical (unpaired) electrons. The minimum atomic E-state index is -0.397. The van der Waals surface area contributed by atoms with Crippen molar-refractivity contribution >= 4 is 29.0 Å². The molecule has 104 valence electrons. The summed E-state index contributed by atoms with van der Waals surface area (Å²) in [6, 6.07) is 11.8. The van der Waals surface area contributed by atoms with Crippen molar-refractivity contribution in [3.8, 4) is 0 Å². The highest BCUT2D eigenvalue weighted by molar-refractivity contribution is 8.00. The second kappa shape index (κ2) is 6.43. The number of aryl methyl sites for hydroxylation is 1. The van der Waals surface area contributed by atoms with Crippen LogP contribution in [0.25, 0.3) is 0 Å². The van der Waals surface area contributed by atoms with Crippen LogP contribution in [0.4, 0.5) is 15.8 Å². The first-order chi connectivity index (χ1) is 9.52. The van der Waals surface area contributed by atoms with Crippen molar-refractivity contribution in [2.45, 2.75) is 11.8 Å². The van der Waals surface area contributed by atoms with Crippen LogP contribution < -0.4 is 11.1 Å². The van der Waals surface area contributed by atoms with E-state index in [0.29, 0.717) is 10.6 Å². The molecule has 0 heterocycles. The fourth-order valence-electron chi connectivity index (χ4n) is 1.65. The number of hydrogen-bond donors (Lipinski definition) is 2. The molecular weight excluding hydrogens is 275 g/mol. The fraction of sp³-hybridized carbons (Fsp3) is 0.133. The molecule has 3 nitrogen and oxygen atoms in total. The Hall–Kier alpha value is -2.01. The first-order valence-corrected chi connectivity index (χ1v) is 7.07. The molecule has 0 spiro atoms. The van der Waals surface area contributed by atoms with Gasteiger partial charge in [-0.3, -0.25) is 4.79 Å². The van der Waals surface area contributed by atoms with Gasteiger partial charge in [0.15, 0.2) is 0 Å². The predicted molar refractivity (Wildman–Crippen MR) is 81.3 cm³/mol. The minimum Gasteiger partial charge on any atom is -0.399 e. The summed E-state index contributed by atoms with van der Waals surface area (Å²) in [5.41, 5.74) is 7.78. The lowest BCUT2D eigenvalue weighted by Gasteiger charge is -2.06. The summed E-state index contributed by atoms with van der Waals surface area (Å²) in [5.74, 6) is -0.329. The molecule has 5 heteroatoms. The normalized spacial score (nSPS) is 10.3. The van der Waals surface area contributed by atoms with E-state index in [9.17, 15) is 9.18 Å². The smallest absolute Gasteiger partial charge is 0.234 e. The Morgan fingerprint density at radius 2 is 1.95 bits per heavy atom. The Balaban J connectivity index is 1.90. The molecule has 0 saturated heterocycles. The second-order valence-electron chi connectivity index (χ2n) is 4.42. The maximum Gasteiger partial charge on any atom is 0.234 e. The zero-order chi connectivity index (χ0) is 14.5. The second-order valence-corrected chi connectivity index (χ2v) is 5.47. The van der Waals surface area contributed by atoms with Gasteiger partial charge in [0.2, 0.25) is 5.91 Å². The van der Waals surface area contributed by atoms with E-state index in [1.54, 1.807) is 6.07 Å². The molecule has 2 aromatic carbocycles. The van der Waals surface area contributed by atoms with E-state index in [-0.39, 0.29) is 11.7 Å². The molecular formula is C15H15FN2OS. The summed E-state index contributed by atoms with van der Waals surface area (Å²) in [4.78, 5) is 12.4. The highest BCUT2D eigenvalue weighted by atomic mass is 32.2. The Kier molecular flexibility index (Phi) is 4.63. The molecule has 0 aromatic heterocycles. The number of amides is 1. The average molecular weight is 290 g/mol. The third kappa shape index (κ3) is 4.28. The van der Waals surface area contributed by atoms with Gasteiger partial charge in [0.25, 0.3) is 0 Å². The molecule has 2 rings (SSSR count). The number of thioether (sulfide) groups is 1. The number of anilines is 2. The quantitative estimate of drug-likeness (QED) is 0.670. The number of hydrogen-bond acceptors (Lipinski definition) is 3. The summed E-state index contributed by atoms with van der Waals surface area (Å²) in [7, 11) is 0. The fourth-order valence-corrected chi connectivity index (χ4v) is 2.44. The standard InChI is InChI=1S/C15H15FN2OS/c1-10-2-4-13(5-3-10)18-15(19)9-20-14-7-11(16)6-12(17)8-14/h2-8H,9,17H2,1H3,(H,18,19). The predicted octanol–water partition coefficient (Wildman–Crippen LogP) is 3.45. The van der Waals surface area contributed by atoms with Gasteiger partial charge in [-0.1, -0.05) is 17.7 Å². The van der Waals surface area contributed by atoms with Crippen molar-refractivity contribution < 1.29 is 9.18 Å². The topological polar surface area (TPSA) is 55.1 Å². The van der Waals surface area contributed by atoms with Gasteiger partial charge in [-0.05, 0) is 37.3 Å². The van der Waals surface area contributed by atoms with Crippen molar-refractivity contribution in [2.24, 2.45) is 0 Å². The maximum atomic E-state index is 13.1. The van der Waals surface area contributed by atoms with Crippen LogP contribution in [0.2, 0.25) is 0 Å². The van der Waals surface area contributed by atoms with Crippen molar-refractivity contribution in [3.63, 3.8) is 0 Å². The highest BCUT2D eigenvalue weighted by Gasteiger charge is 2.05. The Bertz CT molecular complexity index is 594. The third-order valence-corrected chi connectivity index (χ3v) is 3.57. The first-order valence-electron chi connectivity index (χ1n) is 6.08. The molecule has 0 saturated carbocycles. The van der Waals surface area contributed by atoms with Gasteiger partial charge in [0.05, 0.1) is 5.75 Å². The van der Waals surface area contributed by atoms with E-state index in [2.05, 4.69) is 5.32 Å². The highest BCUT2D eigenvalue weighted by Crippen LogP contribution is 2.22. The Labute approximate surface area is 121 Å². The number of carbonyl (C=O) groups excluding carboxylic acids is 1. The van der Waals surface area contributed by atoms with Gasteiger partial charge >= 0.3 is 0 Å². The van der Waals surface area contributed by atoms with Crippen LogP contribution >= 0.6 is 11.8 Å². The molecule has 3 N–H and O–H groups in total. The zero-order valence-electron chi connectivity index (χ0n) is 11.0. The summed E-state index contributed by atoms with van der Waals surface area (Å²) in [5, 5.41) is 2.78. The largest absolute Gasteiger partial charge is 0.399 e. The Morgan fingerprint density at radius 1 is 1.25 bits per heavy atom. The lowest BCUT2D eigenvalue weighted by atomic mass is 10.2. The van der Waals surface area contributed by atoms with Crippen molar-refractivity contribution in [1.82, 2.24) is 0 Å². The molecule has 0 unspecified atom stereocenters. The number of nitrogens with two attached hydrogens (primary N) is 1. The lowest BCUT2D eigenvalue weighted by molar-refractivity contribution is -0.113. The van der Waals surface area contributed by atoms with Crippen molar-refractivity contribution in [3.05, 3.63) is 53.8 Å². The van der Waals surface area contributed by atoms with E-state index in [1.165, 1.54) is 23.9 Å². The summed E-state index contributed by atoms with van der Waals surface area (Å²) in [6.45, 7) is 1.98. The maximum absolute atomic E-state index is 13.1. The van der Waals surface area contributed by atoms with E-state index in [4.69, 9.17) is 5.73 Å². The van der Waals surface area contributed by atoms with E-state index in [0.717, 1.165) is 11.3 Å². The average Bonchev–Trinajstić information content (AvgIpc) is 2.38. The van der Waals surface area contributed by atoms with E-state index >= 15 is 0 Å². The SMILES string of the molecule is Cc1ccc(NC(=O)CSc2cc(N)cc(F)c2)cc1. The van der Waals surface area contributed by atoms with Crippen LogP contribution in [0.1, 0.15) is 5.56 Å². The van der Waals surface area contributed by atoms with Gasteiger partial charge < -0.3 is 11.1 Å². The van der Waals surface area contributed by atoms with Gasteiger partial charge in [-0.15, -0.1) is 11.8 Å². The van der Waals surface area contributed by atoms with Crippen LogP contribution in [0.3, 0.4) is 0 Å². The van der Waals surface area contributed by atoms with E-state index in [1.807, 2.05) is 31.2 Å². The molecule has 0 aliphatic carbocycles. The van der Waals surface area contributed by atoms with Crippen LogP contribution in [-0.2, 0) is 4.79 Å². The van der Waals surface area contributed by atoms with Crippen LogP contribution in [0, 0.1) is 12.7 Å². The van der Waals surface area contributed by atoms with Gasteiger partial charge in [-0.25, -0.2) is 4.39 Å². The van der Waals surface area contributed by atoms with Crippen molar-refractivity contribution in [2.75, 3.05) is 16.8 Å². The molecule has 0 bridgehead atoms. The minimum absolute atomic E-state index is 0.137. The monoisotopic (exact) mass is 290 g/mol. The molecule has 2 aromatic rings.